The Kier molecular flexibility index (Phi) is 10.7. The van der Waals surface area contributed by atoms with Gasteiger partial charge in [0, 0.05) is 0 Å². The Balaban J connectivity index is 1.60. The van der Waals surface area contributed by atoms with Crippen LogP contribution in [0.4, 0.5) is 0 Å². The standard InChI is InChI=1S/C25H37NO2/c1-3-26(4-2)20-10-5-6-11-21-28-24-17-15-23(16-18-24)25(27)19-14-22-12-8-7-9-13-22/h7-9,12-13,15-18,25,27H,3-6,10-11,14,19-21H2,1-2H3. The van der Waals surface area contributed by atoms with Gasteiger partial charge in [-0.2, -0.15) is 0 Å². The van der Waals surface area contributed by atoms with Gasteiger partial charge in [-0.05, 0) is 68.6 Å². The molecule has 0 bridgehead atoms. The zero-order valence-electron chi connectivity index (χ0n) is 17.6. The van der Waals surface area contributed by atoms with E-state index in [1.54, 1.807) is 0 Å². The molecule has 2 rings (SSSR count). The van der Waals surface area contributed by atoms with Crippen molar-refractivity contribution in [3.8, 4) is 5.75 Å². The summed E-state index contributed by atoms with van der Waals surface area (Å²) in [7, 11) is 0. The molecule has 3 nitrogen and oxygen atoms in total. The lowest BCUT2D eigenvalue weighted by Crippen LogP contribution is -2.23. The molecule has 1 atom stereocenters. The van der Waals surface area contributed by atoms with Crippen LogP contribution in [-0.4, -0.2) is 36.2 Å². The molecule has 0 amide bonds. The number of benzene rings is 2. The molecule has 0 saturated heterocycles. The molecule has 28 heavy (non-hydrogen) atoms. The van der Waals surface area contributed by atoms with E-state index < -0.39 is 6.10 Å². The molecule has 1 N–H and O–H groups in total. The summed E-state index contributed by atoms with van der Waals surface area (Å²) in [6.07, 6.45) is 6.05. The van der Waals surface area contributed by atoms with Crippen LogP contribution in [0.2, 0.25) is 0 Å². The summed E-state index contributed by atoms with van der Waals surface area (Å²) in [5.74, 6) is 0.891. The van der Waals surface area contributed by atoms with Crippen molar-refractivity contribution in [2.75, 3.05) is 26.2 Å². The van der Waals surface area contributed by atoms with Gasteiger partial charge in [-0.3, -0.25) is 0 Å². The molecule has 2 aromatic rings. The van der Waals surface area contributed by atoms with Crippen molar-refractivity contribution in [2.45, 2.75) is 58.5 Å². The number of hydrogen-bond donors (Lipinski definition) is 1. The van der Waals surface area contributed by atoms with Crippen LogP contribution in [0, 0.1) is 0 Å². The summed E-state index contributed by atoms with van der Waals surface area (Å²) in [5.41, 5.74) is 2.22. The number of ether oxygens (including phenoxy) is 1. The number of rotatable bonds is 14. The first-order valence-corrected chi connectivity index (χ1v) is 10.9. The fraction of sp³-hybridized carbons (Fsp3) is 0.520. The van der Waals surface area contributed by atoms with E-state index in [-0.39, 0.29) is 0 Å². The van der Waals surface area contributed by atoms with E-state index in [9.17, 15) is 5.11 Å². The smallest absolute Gasteiger partial charge is 0.119 e. The average Bonchev–Trinajstić information content (AvgIpc) is 2.75. The predicted octanol–water partition coefficient (Wildman–Crippen LogP) is 5.63. The normalized spacial score (nSPS) is 12.3. The Morgan fingerprint density at radius 1 is 0.857 bits per heavy atom. The lowest BCUT2D eigenvalue weighted by Gasteiger charge is -2.17. The van der Waals surface area contributed by atoms with E-state index >= 15 is 0 Å². The van der Waals surface area contributed by atoms with Crippen molar-refractivity contribution in [1.29, 1.82) is 0 Å². The van der Waals surface area contributed by atoms with E-state index in [0.29, 0.717) is 0 Å². The van der Waals surface area contributed by atoms with Gasteiger partial charge in [-0.15, -0.1) is 0 Å². The van der Waals surface area contributed by atoms with Gasteiger partial charge in [0.2, 0.25) is 0 Å². The minimum Gasteiger partial charge on any atom is -0.494 e. The Labute approximate surface area is 171 Å². The van der Waals surface area contributed by atoms with Gasteiger partial charge >= 0.3 is 0 Å². The summed E-state index contributed by atoms with van der Waals surface area (Å²) in [5, 5.41) is 10.4. The number of hydrogen-bond acceptors (Lipinski definition) is 3. The zero-order chi connectivity index (χ0) is 20.0. The van der Waals surface area contributed by atoms with Crippen LogP contribution in [0.5, 0.6) is 5.75 Å². The van der Waals surface area contributed by atoms with E-state index in [2.05, 4.69) is 30.9 Å². The van der Waals surface area contributed by atoms with Gasteiger partial charge in [0.1, 0.15) is 5.75 Å². The number of aliphatic hydroxyl groups excluding tert-OH is 1. The molecule has 154 valence electrons. The first kappa shape index (κ1) is 22.4. The summed E-state index contributed by atoms with van der Waals surface area (Å²) in [6.45, 7) is 8.73. The van der Waals surface area contributed by atoms with Crippen LogP contribution in [0.1, 0.15) is 63.2 Å². The average molecular weight is 384 g/mol. The number of aliphatic hydroxyl groups is 1. The molecule has 0 fully saturated rings. The Bertz CT molecular complexity index is 623. The lowest BCUT2D eigenvalue weighted by atomic mass is 10.0. The van der Waals surface area contributed by atoms with Crippen LogP contribution in [0.25, 0.3) is 0 Å². The third kappa shape index (κ3) is 8.45. The Morgan fingerprint density at radius 3 is 2.21 bits per heavy atom. The van der Waals surface area contributed by atoms with Gasteiger partial charge in [0.15, 0.2) is 0 Å². The summed E-state index contributed by atoms with van der Waals surface area (Å²) >= 11 is 0. The minimum atomic E-state index is -0.430. The van der Waals surface area contributed by atoms with Gasteiger partial charge in [0.25, 0.3) is 0 Å². The minimum absolute atomic E-state index is 0.430. The zero-order valence-corrected chi connectivity index (χ0v) is 17.6. The highest BCUT2D eigenvalue weighted by Gasteiger charge is 2.08. The fourth-order valence-electron chi connectivity index (χ4n) is 3.42. The van der Waals surface area contributed by atoms with E-state index in [1.807, 2.05) is 42.5 Å². The van der Waals surface area contributed by atoms with Gasteiger partial charge < -0.3 is 14.7 Å². The second kappa shape index (κ2) is 13.4. The van der Waals surface area contributed by atoms with Gasteiger partial charge in [0.05, 0.1) is 12.7 Å². The number of unbranched alkanes of at least 4 members (excludes halogenated alkanes) is 3. The molecule has 0 aliphatic carbocycles. The third-order valence-electron chi connectivity index (χ3n) is 5.35. The van der Waals surface area contributed by atoms with Crippen molar-refractivity contribution >= 4 is 0 Å². The van der Waals surface area contributed by atoms with Crippen LogP contribution >= 0.6 is 0 Å². The highest BCUT2D eigenvalue weighted by atomic mass is 16.5. The SMILES string of the molecule is CCN(CC)CCCCCCOc1ccc(C(O)CCc2ccccc2)cc1. The quantitative estimate of drug-likeness (QED) is 0.429. The molecule has 0 spiro atoms. The highest BCUT2D eigenvalue weighted by molar-refractivity contribution is 5.28. The third-order valence-corrected chi connectivity index (χ3v) is 5.35. The van der Waals surface area contributed by atoms with Crippen LogP contribution in [0.3, 0.4) is 0 Å². The first-order chi connectivity index (χ1) is 13.7. The molecule has 0 aliphatic heterocycles. The van der Waals surface area contributed by atoms with E-state index in [0.717, 1.165) is 50.3 Å². The Morgan fingerprint density at radius 2 is 1.54 bits per heavy atom. The van der Waals surface area contributed by atoms with E-state index in [4.69, 9.17) is 4.74 Å². The molecule has 0 aliphatic rings. The summed E-state index contributed by atoms with van der Waals surface area (Å²) in [4.78, 5) is 2.48. The highest BCUT2D eigenvalue weighted by Crippen LogP contribution is 2.22. The molecule has 2 aromatic carbocycles. The van der Waals surface area contributed by atoms with Crippen molar-refractivity contribution in [1.82, 2.24) is 4.90 Å². The van der Waals surface area contributed by atoms with Crippen molar-refractivity contribution < 1.29 is 9.84 Å². The topological polar surface area (TPSA) is 32.7 Å². The molecular formula is C25H37NO2. The summed E-state index contributed by atoms with van der Waals surface area (Å²) in [6, 6.07) is 18.2. The van der Waals surface area contributed by atoms with Crippen molar-refractivity contribution in [3.05, 3.63) is 65.7 Å². The van der Waals surface area contributed by atoms with Crippen LogP contribution in [-0.2, 0) is 6.42 Å². The lowest BCUT2D eigenvalue weighted by molar-refractivity contribution is 0.167. The van der Waals surface area contributed by atoms with Gasteiger partial charge in [-0.1, -0.05) is 69.2 Å². The van der Waals surface area contributed by atoms with Crippen LogP contribution in [0.15, 0.2) is 54.6 Å². The second-order valence-corrected chi connectivity index (χ2v) is 7.40. The molecular weight excluding hydrogens is 346 g/mol. The summed E-state index contributed by atoms with van der Waals surface area (Å²) < 4.78 is 5.85. The predicted molar refractivity (Wildman–Crippen MR) is 118 cm³/mol. The maximum atomic E-state index is 10.4. The number of nitrogens with zero attached hydrogens (tertiary/aromatic N) is 1. The second-order valence-electron chi connectivity index (χ2n) is 7.40. The first-order valence-electron chi connectivity index (χ1n) is 10.9. The molecule has 1 unspecified atom stereocenters. The molecule has 0 aromatic heterocycles. The van der Waals surface area contributed by atoms with Crippen molar-refractivity contribution in [2.24, 2.45) is 0 Å². The number of aryl methyl sites for hydroxylation is 1. The Hall–Kier alpha value is -1.84. The van der Waals surface area contributed by atoms with Crippen LogP contribution < -0.4 is 4.74 Å². The molecule has 3 heteroatoms. The fourth-order valence-corrected chi connectivity index (χ4v) is 3.42. The largest absolute Gasteiger partial charge is 0.494 e. The van der Waals surface area contributed by atoms with Gasteiger partial charge in [-0.25, -0.2) is 0 Å². The maximum Gasteiger partial charge on any atom is 0.119 e. The monoisotopic (exact) mass is 383 g/mol. The molecule has 0 radical (unpaired) electrons. The molecule has 0 saturated carbocycles. The maximum absolute atomic E-state index is 10.4. The van der Waals surface area contributed by atoms with E-state index in [1.165, 1.54) is 31.4 Å². The molecule has 0 heterocycles. The van der Waals surface area contributed by atoms with Crippen molar-refractivity contribution in [3.63, 3.8) is 0 Å².